The standard InChI is InChI=1S/C14H14Cl2N2O3S/c1-2-21-13(20)6-5-12(19)18-14(22)17-8-9-3-4-10(15)7-11(9)16/h3-7H,2,8H2,1H3,(H2,17,18,19,22)/b6-5+. The van der Waals surface area contributed by atoms with Crippen molar-refractivity contribution in [2.75, 3.05) is 6.61 Å². The maximum Gasteiger partial charge on any atom is 0.330 e. The van der Waals surface area contributed by atoms with Crippen LogP contribution in [0.5, 0.6) is 0 Å². The Bertz CT molecular complexity index is 606. The van der Waals surface area contributed by atoms with Gasteiger partial charge in [0, 0.05) is 28.7 Å². The second-order valence-electron chi connectivity index (χ2n) is 3.99. The van der Waals surface area contributed by atoms with Crippen LogP contribution < -0.4 is 10.6 Å². The highest BCUT2D eigenvalue weighted by molar-refractivity contribution is 7.80. The molecule has 0 unspecified atom stereocenters. The average molecular weight is 361 g/mol. The van der Waals surface area contributed by atoms with Crippen LogP contribution >= 0.6 is 35.4 Å². The van der Waals surface area contributed by atoms with E-state index in [0.717, 1.165) is 17.7 Å². The minimum absolute atomic E-state index is 0.115. The molecular weight excluding hydrogens is 347 g/mol. The Morgan fingerprint density at radius 3 is 2.68 bits per heavy atom. The fraction of sp³-hybridized carbons (Fsp3) is 0.214. The summed E-state index contributed by atoms with van der Waals surface area (Å²) in [4.78, 5) is 22.6. The molecule has 0 aliphatic heterocycles. The predicted octanol–water partition coefficient (Wildman–Crippen LogP) is 2.60. The molecule has 0 saturated carbocycles. The number of carbonyl (C=O) groups is 2. The lowest BCUT2D eigenvalue weighted by Gasteiger charge is -2.09. The first kappa shape index (κ1) is 18.4. The lowest BCUT2D eigenvalue weighted by atomic mass is 10.2. The van der Waals surface area contributed by atoms with Gasteiger partial charge >= 0.3 is 5.97 Å². The van der Waals surface area contributed by atoms with E-state index in [2.05, 4.69) is 15.4 Å². The minimum atomic E-state index is -0.593. The molecule has 22 heavy (non-hydrogen) atoms. The number of halogens is 2. The van der Waals surface area contributed by atoms with Gasteiger partial charge in [-0.05, 0) is 36.8 Å². The summed E-state index contributed by atoms with van der Waals surface area (Å²) in [6.07, 6.45) is 2.07. The normalized spacial score (nSPS) is 10.3. The SMILES string of the molecule is CCOC(=O)/C=C/C(=O)NC(=S)NCc1ccc(Cl)cc1Cl. The zero-order valence-corrected chi connectivity index (χ0v) is 14.0. The molecule has 5 nitrogen and oxygen atoms in total. The molecule has 0 aliphatic rings. The van der Waals surface area contributed by atoms with Crippen molar-refractivity contribution in [1.29, 1.82) is 0 Å². The Kier molecular flexibility index (Phi) is 7.87. The van der Waals surface area contributed by atoms with Gasteiger partial charge in [0.05, 0.1) is 6.61 Å². The van der Waals surface area contributed by atoms with Crippen LogP contribution in [0.25, 0.3) is 0 Å². The van der Waals surface area contributed by atoms with Gasteiger partial charge in [-0.3, -0.25) is 10.1 Å². The summed E-state index contributed by atoms with van der Waals surface area (Å²) < 4.78 is 4.65. The van der Waals surface area contributed by atoms with Gasteiger partial charge < -0.3 is 10.1 Å². The number of ether oxygens (including phenoxy) is 1. The molecule has 8 heteroatoms. The van der Waals surface area contributed by atoms with Crippen molar-refractivity contribution >= 4 is 52.4 Å². The Balaban J connectivity index is 2.43. The number of rotatable bonds is 5. The number of esters is 1. The van der Waals surface area contributed by atoms with Crippen molar-refractivity contribution in [3.8, 4) is 0 Å². The van der Waals surface area contributed by atoms with E-state index in [-0.39, 0.29) is 11.7 Å². The summed E-state index contributed by atoms with van der Waals surface area (Å²) in [6, 6.07) is 5.07. The van der Waals surface area contributed by atoms with Gasteiger partial charge in [-0.25, -0.2) is 4.79 Å². The van der Waals surface area contributed by atoms with Crippen LogP contribution in [0.4, 0.5) is 0 Å². The highest BCUT2D eigenvalue weighted by atomic mass is 35.5. The van der Waals surface area contributed by atoms with Gasteiger partial charge in [0.1, 0.15) is 0 Å². The third kappa shape index (κ3) is 6.89. The molecule has 118 valence electrons. The maximum absolute atomic E-state index is 11.5. The number of benzene rings is 1. The van der Waals surface area contributed by atoms with Crippen molar-refractivity contribution in [1.82, 2.24) is 10.6 Å². The first-order valence-electron chi connectivity index (χ1n) is 6.30. The van der Waals surface area contributed by atoms with Crippen LogP contribution in [-0.4, -0.2) is 23.6 Å². The molecular formula is C14H14Cl2N2O3S. The zero-order valence-electron chi connectivity index (χ0n) is 11.7. The highest BCUT2D eigenvalue weighted by Gasteiger charge is 2.05. The van der Waals surface area contributed by atoms with Gasteiger partial charge in [0.15, 0.2) is 5.11 Å². The molecule has 0 bridgehead atoms. The van der Waals surface area contributed by atoms with Crippen molar-refractivity contribution in [3.63, 3.8) is 0 Å². The number of hydrogen-bond donors (Lipinski definition) is 2. The Hall–Kier alpha value is -1.63. The molecule has 0 saturated heterocycles. The molecule has 1 amide bonds. The lowest BCUT2D eigenvalue weighted by molar-refractivity contribution is -0.137. The Morgan fingerprint density at radius 2 is 2.05 bits per heavy atom. The Morgan fingerprint density at radius 1 is 1.32 bits per heavy atom. The molecule has 1 aromatic rings. The maximum atomic E-state index is 11.5. The fourth-order valence-corrected chi connectivity index (χ4v) is 2.02. The number of nitrogens with one attached hydrogen (secondary N) is 2. The number of thiocarbonyl (C=S) groups is 1. The monoisotopic (exact) mass is 360 g/mol. The topological polar surface area (TPSA) is 67.4 Å². The van der Waals surface area contributed by atoms with Gasteiger partial charge in [-0.15, -0.1) is 0 Å². The summed E-state index contributed by atoms with van der Waals surface area (Å²) in [5.41, 5.74) is 0.782. The van der Waals surface area contributed by atoms with E-state index >= 15 is 0 Å². The average Bonchev–Trinajstić information content (AvgIpc) is 2.44. The van der Waals surface area contributed by atoms with E-state index < -0.39 is 11.9 Å². The summed E-state index contributed by atoms with van der Waals surface area (Å²) in [5, 5.41) is 6.37. The zero-order chi connectivity index (χ0) is 16.5. The second kappa shape index (κ2) is 9.40. The van der Waals surface area contributed by atoms with Crippen LogP contribution in [0.15, 0.2) is 30.4 Å². The fourth-order valence-electron chi connectivity index (χ4n) is 1.37. The van der Waals surface area contributed by atoms with Crippen molar-refractivity contribution < 1.29 is 14.3 Å². The second-order valence-corrected chi connectivity index (χ2v) is 5.24. The molecule has 0 aromatic heterocycles. The Labute approximate surface area is 143 Å². The first-order chi connectivity index (χ1) is 10.4. The van der Waals surface area contributed by atoms with E-state index in [1.54, 1.807) is 25.1 Å². The summed E-state index contributed by atoms with van der Waals surface area (Å²) in [7, 11) is 0. The van der Waals surface area contributed by atoms with E-state index in [1.807, 2.05) is 0 Å². The smallest absolute Gasteiger partial charge is 0.330 e. The van der Waals surface area contributed by atoms with Gasteiger partial charge in [0.2, 0.25) is 5.91 Å². The molecule has 1 rings (SSSR count). The van der Waals surface area contributed by atoms with Gasteiger partial charge in [-0.1, -0.05) is 29.3 Å². The molecule has 0 fully saturated rings. The largest absolute Gasteiger partial charge is 0.463 e. The van der Waals surface area contributed by atoms with Crippen LogP contribution in [0, 0.1) is 0 Å². The lowest BCUT2D eigenvalue weighted by Crippen LogP contribution is -2.38. The predicted molar refractivity (Wildman–Crippen MR) is 89.8 cm³/mol. The number of amides is 1. The van der Waals surface area contributed by atoms with Crippen molar-refractivity contribution in [2.24, 2.45) is 0 Å². The molecule has 2 N–H and O–H groups in total. The van der Waals surface area contributed by atoms with Crippen molar-refractivity contribution in [3.05, 3.63) is 46.0 Å². The number of hydrogen-bond acceptors (Lipinski definition) is 4. The van der Waals surface area contributed by atoms with Gasteiger partial charge in [0.25, 0.3) is 0 Å². The minimum Gasteiger partial charge on any atom is -0.463 e. The van der Waals surface area contributed by atoms with Crippen LogP contribution in [0.2, 0.25) is 10.0 Å². The molecule has 0 atom stereocenters. The molecule has 0 aliphatic carbocycles. The first-order valence-corrected chi connectivity index (χ1v) is 7.46. The van der Waals surface area contributed by atoms with Crippen LogP contribution in [0.1, 0.15) is 12.5 Å². The third-order valence-electron chi connectivity index (χ3n) is 2.35. The quantitative estimate of drug-likeness (QED) is 0.479. The molecule has 0 radical (unpaired) electrons. The summed E-state index contributed by atoms with van der Waals surface area (Å²) in [6.45, 7) is 2.25. The number of carbonyl (C=O) groups excluding carboxylic acids is 2. The highest BCUT2D eigenvalue weighted by Crippen LogP contribution is 2.20. The van der Waals surface area contributed by atoms with E-state index in [1.165, 1.54) is 0 Å². The molecule has 1 aromatic carbocycles. The van der Waals surface area contributed by atoms with Crippen LogP contribution in [0.3, 0.4) is 0 Å². The summed E-state index contributed by atoms with van der Waals surface area (Å²) in [5.74, 6) is -1.13. The summed E-state index contributed by atoms with van der Waals surface area (Å²) >= 11 is 16.8. The molecule has 0 spiro atoms. The van der Waals surface area contributed by atoms with Gasteiger partial charge in [-0.2, -0.15) is 0 Å². The van der Waals surface area contributed by atoms with E-state index in [0.29, 0.717) is 16.6 Å². The van der Waals surface area contributed by atoms with Crippen molar-refractivity contribution in [2.45, 2.75) is 13.5 Å². The molecule has 0 heterocycles. The van der Waals surface area contributed by atoms with E-state index in [4.69, 9.17) is 35.4 Å². The van der Waals surface area contributed by atoms with E-state index in [9.17, 15) is 9.59 Å². The van der Waals surface area contributed by atoms with Crippen LogP contribution in [-0.2, 0) is 20.9 Å². The third-order valence-corrected chi connectivity index (χ3v) is 3.18.